The van der Waals surface area contributed by atoms with Crippen molar-refractivity contribution in [3.05, 3.63) is 95.1 Å². The van der Waals surface area contributed by atoms with Crippen LogP contribution in [0.2, 0.25) is 0 Å². The van der Waals surface area contributed by atoms with Gasteiger partial charge in [-0.25, -0.2) is 8.42 Å². The van der Waals surface area contributed by atoms with Crippen molar-refractivity contribution in [2.45, 2.75) is 37.1 Å². The first-order valence-electron chi connectivity index (χ1n) is 10.8. The second-order valence-corrected chi connectivity index (χ2v) is 10.5. The first-order chi connectivity index (χ1) is 15.3. The highest BCUT2D eigenvalue weighted by molar-refractivity contribution is 7.92. The first kappa shape index (κ1) is 20.6. The fraction of sp³-hybridized carbons (Fsp3) is 0.231. The molecule has 0 spiro atoms. The molecule has 1 aliphatic carbocycles. The molecule has 0 bridgehead atoms. The third kappa shape index (κ3) is 3.75. The summed E-state index contributed by atoms with van der Waals surface area (Å²) in [7, 11) is -3.71. The quantitative estimate of drug-likeness (QED) is 0.454. The third-order valence-electron chi connectivity index (χ3n) is 6.37. The number of aryl methyl sites for hydroxylation is 2. The van der Waals surface area contributed by atoms with Crippen molar-refractivity contribution >= 4 is 21.4 Å². The summed E-state index contributed by atoms with van der Waals surface area (Å²) in [5.74, 6) is 0.677. The average molecular weight is 447 g/mol. The van der Waals surface area contributed by atoms with E-state index in [1.807, 2.05) is 50.2 Å². The van der Waals surface area contributed by atoms with Gasteiger partial charge in [0.2, 0.25) is 0 Å². The van der Waals surface area contributed by atoms with Crippen LogP contribution < -0.4 is 10.0 Å². The summed E-state index contributed by atoms with van der Waals surface area (Å²) in [6.07, 6.45) is 5.28. The van der Waals surface area contributed by atoms with Gasteiger partial charge in [-0.1, -0.05) is 30.4 Å². The number of allylic oxidation sites excluding steroid dienone is 2. The minimum Gasteiger partial charge on any atom is -0.508 e. The zero-order chi connectivity index (χ0) is 22.5. The lowest BCUT2D eigenvalue weighted by Gasteiger charge is -2.37. The van der Waals surface area contributed by atoms with E-state index < -0.39 is 10.0 Å². The second-order valence-electron chi connectivity index (χ2n) is 8.80. The largest absolute Gasteiger partial charge is 0.508 e. The maximum Gasteiger partial charge on any atom is 0.261 e. The Balaban J connectivity index is 1.49. The summed E-state index contributed by atoms with van der Waals surface area (Å²) in [4.78, 5) is 0.263. The van der Waals surface area contributed by atoms with Gasteiger partial charge < -0.3 is 10.4 Å². The van der Waals surface area contributed by atoms with E-state index in [2.05, 4.69) is 22.2 Å². The Morgan fingerprint density at radius 2 is 1.69 bits per heavy atom. The van der Waals surface area contributed by atoms with Crippen molar-refractivity contribution in [2.75, 3.05) is 10.0 Å². The molecule has 0 amide bonds. The SMILES string of the molecule is Cc1cc(C)cc(NS(=O)(=O)c2ccc3c(c2)C2C=CCC2C(c2ccc(O)cc2)N3)c1. The fourth-order valence-electron chi connectivity index (χ4n) is 5.00. The number of phenols is 1. The molecule has 3 unspecified atom stereocenters. The second kappa shape index (κ2) is 7.71. The molecule has 2 aliphatic rings. The smallest absolute Gasteiger partial charge is 0.261 e. The minimum atomic E-state index is -3.71. The molecule has 0 fully saturated rings. The Morgan fingerprint density at radius 1 is 0.969 bits per heavy atom. The molecule has 164 valence electrons. The molecule has 1 aliphatic heterocycles. The van der Waals surface area contributed by atoms with Crippen molar-refractivity contribution in [1.82, 2.24) is 0 Å². The van der Waals surface area contributed by atoms with E-state index in [4.69, 9.17) is 0 Å². The fourth-order valence-corrected chi connectivity index (χ4v) is 6.07. The van der Waals surface area contributed by atoms with Crippen molar-refractivity contribution < 1.29 is 13.5 Å². The predicted octanol–water partition coefficient (Wildman–Crippen LogP) is 5.64. The Morgan fingerprint density at radius 3 is 2.41 bits per heavy atom. The molecule has 5 rings (SSSR count). The highest BCUT2D eigenvalue weighted by atomic mass is 32.2. The molecule has 3 atom stereocenters. The van der Waals surface area contributed by atoms with E-state index >= 15 is 0 Å². The first-order valence-corrected chi connectivity index (χ1v) is 12.3. The van der Waals surface area contributed by atoms with Crippen molar-refractivity contribution in [1.29, 1.82) is 0 Å². The van der Waals surface area contributed by atoms with E-state index in [1.54, 1.807) is 24.3 Å². The zero-order valence-corrected chi connectivity index (χ0v) is 18.9. The summed E-state index contributed by atoms with van der Waals surface area (Å²) in [6.45, 7) is 3.90. The number of rotatable bonds is 4. The molecule has 32 heavy (non-hydrogen) atoms. The molecule has 5 nitrogen and oxygen atoms in total. The van der Waals surface area contributed by atoms with Crippen LogP contribution in [-0.2, 0) is 10.0 Å². The zero-order valence-electron chi connectivity index (χ0n) is 18.0. The monoisotopic (exact) mass is 446 g/mol. The Labute approximate surface area is 188 Å². The molecule has 6 heteroatoms. The van der Waals surface area contributed by atoms with Crippen LogP contribution in [-0.4, -0.2) is 13.5 Å². The number of nitrogens with one attached hydrogen (secondary N) is 2. The van der Waals surface area contributed by atoms with Crippen LogP contribution in [0.5, 0.6) is 5.75 Å². The highest BCUT2D eigenvalue weighted by Gasteiger charge is 2.38. The lowest BCUT2D eigenvalue weighted by Crippen LogP contribution is -2.29. The average Bonchev–Trinajstić information content (AvgIpc) is 3.22. The summed E-state index contributed by atoms with van der Waals surface area (Å²) >= 11 is 0. The van der Waals surface area contributed by atoms with Gasteiger partial charge in [0.15, 0.2) is 0 Å². The van der Waals surface area contributed by atoms with Gasteiger partial charge in [0.05, 0.1) is 10.9 Å². The van der Waals surface area contributed by atoms with Gasteiger partial charge in [-0.15, -0.1) is 0 Å². The lowest BCUT2D eigenvalue weighted by atomic mass is 9.77. The number of hydrogen-bond acceptors (Lipinski definition) is 4. The van der Waals surface area contributed by atoms with Crippen LogP contribution >= 0.6 is 0 Å². The normalized spacial score (nSPS) is 21.5. The van der Waals surface area contributed by atoms with Crippen molar-refractivity contribution in [3.8, 4) is 5.75 Å². The number of aromatic hydroxyl groups is 1. The van der Waals surface area contributed by atoms with Crippen LogP contribution in [0.15, 0.2) is 77.7 Å². The number of fused-ring (bicyclic) bond motifs is 3. The van der Waals surface area contributed by atoms with Crippen molar-refractivity contribution in [2.24, 2.45) is 5.92 Å². The van der Waals surface area contributed by atoms with Crippen LogP contribution in [0.3, 0.4) is 0 Å². The molecule has 3 aromatic carbocycles. The van der Waals surface area contributed by atoms with Gasteiger partial charge in [0.25, 0.3) is 10.0 Å². The Bertz CT molecular complexity index is 1290. The summed E-state index contributed by atoms with van der Waals surface area (Å²) in [5, 5.41) is 13.3. The van der Waals surface area contributed by atoms with Crippen molar-refractivity contribution in [3.63, 3.8) is 0 Å². The van der Waals surface area contributed by atoms with E-state index in [9.17, 15) is 13.5 Å². The van der Waals surface area contributed by atoms with Gasteiger partial charge in [-0.05, 0) is 90.9 Å². The summed E-state index contributed by atoms with van der Waals surface area (Å²) in [6, 6.07) is 18.4. The standard InChI is InChI=1S/C26H26N2O3S/c1-16-12-17(2)14-19(13-16)28-32(30,31)21-10-11-25-24(15-21)22-4-3-5-23(22)26(27-25)18-6-8-20(29)9-7-18/h3-4,6-15,22-23,26-29H,5H2,1-2H3. The maximum absolute atomic E-state index is 13.1. The molecule has 0 saturated carbocycles. The van der Waals surface area contributed by atoms with Crippen LogP contribution in [0.4, 0.5) is 11.4 Å². The highest BCUT2D eigenvalue weighted by Crippen LogP contribution is 2.50. The van der Waals surface area contributed by atoms with Gasteiger partial charge in [0.1, 0.15) is 5.75 Å². The predicted molar refractivity (Wildman–Crippen MR) is 128 cm³/mol. The van der Waals surface area contributed by atoms with E-state index in [0.29, 0.717) is 5.69 Å². The molecule has 0 radical (unpaired) electrons. The summed E-state index contributed by atoms with van der Waals surface area (Å²) in [5.41, 5.74) is 5.65. The lowest BCUT2D eigenvalue weighted by molar-refractivity contribution is 0.424. The number of benzene rings is 3. The topological polar surface area (TPSA) is 78.4 Å². The number of hydrogen-bond donors (Lipinski definition) is 3. The van der Waals surface area contributed by atoms with Gasteiger partial charge in [0, 0.05) is 17.3 Å². The molecule has 3 aromatic rings. The molecular formula is C26H26N2O3S. The number of sulfonamides is 1. The molecule has 1 heterocycles. The molecule has 0 saturated heterocycles. The van der Waals surface area contributed by atoms with Gasteiger partial charge in [-0.2, -0.15) is 0 Å². The number of anilines is 2. The maximum atomic E-state index is 13.1. The molecular weight excluding hydrogens is 420 g/mol. The van der Waals surface area contributed by atoms with E-state index in [0.717, 1.165) is 34.4 Å². The van der Waals surface area contributed by atoms with Crippen LogP contribution in [0.1, 0.15) is 40.6 Å². The molecule has 3 N–H and O–H groups in total. The van der Waals surface area contributed by atoms with E-state index in [1.165, 1.54) is 0 Å². The number of phenolic OH excluding ortho intramolecular Hbond substituents is 1. The van der Waals surface area contributed by atoms with Gasteiger partial charge in [-0.3, -0.25) is 4.72 Å². The Hall–Kier alpha value is -3.25. The van der Waals surface area contributed by atoms with Gasteiger partial charge >= 0.3 is 0 Å². The van der Waals surface area contributed by atoms with Crippen LogP contribution in [0.25, 0.3) is 0 Å². The van der Waals surface area contributed by atoms with Crippen LogP contribution in [0, 0.1) is 19.8 Å². The molecule has 0 aromatic heterocycles. The Kier molecular flexibility index (Phi) is 4.97. The van der Waals surface area contributed by atoms with E-state index in [-0.39, 0.29) is 28.5 Å². The minimum absolute atomic E-state index is 0.0963. The third-order valence-corrected chi connectivity index (χ3v) is 7.75. The summed E-state index contributed by atoms with van der Waals surface area (Å²) < 4.78 is 29.0.